The molecule has 0 amide bonds. The fraction of sp³-hybridized carbons (Fsp3) is 0.111. The predicted octanol–water partition coefficient (Wildman–Crippen LogP) is 1.53. The molecule has 0 fully saturated rings. The second kappa shape index (κ2) is 3.02. The van der Waals surface area contributed by atoms with Crippen LogP contribution in [0.4, 0.5) is 0 Å². The number of fused-ring (bicyclic) bond motifs is 1. The number of hydrogen-bond donors (Lipinski definition) is 1. The highest BCUT2D eigenvalue weighted by Gasteiger charge is 2.13. The molecule has 5 heteroatoms. The molecule has 2 rings (SSSR count). The van der Waals surface area contributed by atoms with E-state index in [0.29, 0.717) is 11.0 Å². The van der Waals surface area contributed by atoms with Crippen molar-refractivity contribution in [2.75, 3.05) is 7.11 Å². The largest absolute Gasteiger partial charge is 0.496 e. The molecule has 0 saturated heterocycles. The third-order valence-corrected chi connectivity index (χ3v) is 1.91. The fourth-order valence-electron chi connectivity index (χ4n) is 1.23. The van der Waals surface area contributed by atoms with E-state index in [9.17, 15) is 4.79 Å². The van der Waals surface area contributed by atoms with Gasteiger partial charge in [0.15, 0.2) is 5.58 Å². The van der Waals surface area contributed by atoms with Crippen LogP contribution >= 0.6 is 0 Å². The van der Waals surface area contributed by atoms with E-state index >= 15 is 0 Å². The number of carbonyl (C=O) groups is 1. The zero-order valence-electron chi connectivity index (χ0n) is 7.35. The molecule has 1 aromatic carbocycles. The topological polar surface area (TPSA) is 72.6 Å². The Morgan fingerprint density at radius 1 is 1.57 bits per heavy atom. The molecular weight excluding hydrogens is 186 g/mol. The van der Waals surface area contributed by atoms with Gasteiger partial charge in [-0.05, 0) is 6.07 Å². The number of benzene rings is 1. The molecule has 14 heavy (non-hydrogen) atoms. The van der Waals surface area contributed by atoms with Gasteiger partial charge in [0.25, 0.3) is 0 Å². The van der Waals surface area contributed by atoms with Crippen molar-refractivity contribution in [2.24, 2.45) is 0 Å². The molecule has 0 unspecified atom stereocenters. The van der Waals surface area contributed by atoms with Gasteiger partial charge in [-0.15, -0.1) is 0 Å². The first-order valence-corrected chi connectivity index (χ1v) is 3.88. The zero-order valence-corrected chi connectivity index (χ0v) is 7.35. The second-order valence-corrected chi connectivity index (χ2v) is 2.72. The Balaban J connectivity index is 2.72. The number of ether oxygens (including phenoxy) is 1. The van der Waals surface area contributed by atoms with Crippen LogP contribution in [0.2, 0.25) is 0 Å². The SMILES string of the molecule is COc1cc2oncc2cc1C(=O)O. The van der Waals surface area contributed by atoms with E-state index in [1.807, 2.05) is 0 Å². The smallest absolute Gasteiger partial charge is 0.339 e. The average molecular weight is 193 g/mol. The molecule has 0 spiro atoms. The van der Waals surface area contributed by atoms with Crippen LogP contribution in [0, 0.1) is 0 Å². The van der Waals surface area contributed by atoms with Crippen molar-refractivity contribution in [3.8, 4) is 5.75 Å². The van der Waals surface area contributed by atoms with Gasteiger partial charge < -0.3 is 14.4 Å². The van der Waals surface area contributed by atoms with Gasteiger partial charge in [-0.2, -0.15) is 0 Å². The van der Waals surface area contributed by atoms with Crippen LogP contribution in [0.1, 0.15) is 10.4 Å². The van der Waals surface area contributed by atoms with Crippen LogP contribution in [0.25, 0.3) is 11.0 Å². The van der Waals surface area contributed by atoms with Gasteiger partial charge in [0.1, 0.15) is 11.3 Å². The minimum Gasteiger partial charge on any atom is -0.496 e. The lowest BCUT2D eigenvalue weighted by Crippen LogP contribution is -1.99. The minimum atomic E-state index is -1.04. The Bertz CT molecular complexity index is 489. The molecule has 0 bridgehead atoms. The summed E-state index contributed by atoms with van der Waals surface area (Å²) < 4.78 is 9.79. The number of rotatable bonds is 2. The number of nitrogens with zero attached hydrogens (tertiary/aromatic N) is 1. The Morgan fingerprint density at radius 2 is 2.36 bits per heavy atom. The maximum atomic E-state index is 10.8. The Labute approximate surface area is 78.9 Å². The van der Waals surface area contributed by atoms with Crippen LogP contribution in [0.15, 0.2) is 22.9 Å². The van der Waals surface area contributed by atoms with Crippen LogP contribution in [-0.4, -0.2) is 23.3 Å². The van der Waals surface area contributed by atoms with Crippen LogP contribution in [0.3, 0.4) is 0 Å². The first-order valence-electron chi connectivity index (χ1n) is 3.88. The molecule has 0 saturated carbocycles. The van der Waals surface area contributed by atoms with Gasteiger partial charge >= 0.3 is 5.97 Å². The molecule has 0 aliphatic rings. The predicted molar refractivity (Wildman–Crippen MR) is 47.5 cm³/mol. The first-order chi connectivity index (χ1) is 6.72. The summed E-state index contributed by atoms with van der Waals surface area (Å²) in [5, 5.41) is 13.1. The molecule has 5 nitrogen and oxygen atoms in total. The molecule has 0 radical (unpaired) electrons. The van der Waals surface area contributed by atoms with Crippen molar-refractivity contribution in [2.45, 2.75) is 0 Å². The van der Waals surface area contributed by atoms with Crippen molar-refractivity contribution in [1.82, 2.24) is 5.16 Å². The van der Waals surface area contributed by atoms with Gasteiger partial charge in [0.2, 0.25) is 0 Å². The fourth-order valence-corrected chi connectivity index (χ4v) is 1.23. The van der Waals surface area contributed by atoms with Gasteiger partial charge in [0.05, 0.1) is 13.3 Å². The lowest BCUT2D eigenvalue weighted by atomic mass is 10.1. The van der Waals surface area contributed by atoms with Gasteiger partial charge in [-0.25, -0.2) is 4.79 Å². The van der Waals surface area contributed by atoms with Crippen molar-refractivity contribution in [3.05, 3.63) is 23.9 Å². The monoisotopic (exact) mass is 193 g/mol. The van der Waals surface area contributed by atoms with Crippen LogP contribution in [0.5, 0.6) is 5.75 Å². The Hall–Kier alpha value is -2.04. The number of aromatic carboxylic acids is 1. The molecule has 1 heterocycles. The van der Waals surface area contributed by atoms with Crippen molar-refractivity contribution in [1.29, 1.82) is 0 Å². The van der Waals surface area contributed by atoms with E-state index < -0.39 is 5.97 Å². The molecule has 72 valence electrons. The minimum absolute atomic E-state index is 0.100. The summed E-state index contributed by atoms with van der Waals surface area (Å²) in [6.45, 7) is 0. The number of carboxylic acid groups (broad SMARTS) is 1. The molecule has 0 aliphatic carbocycles. The molecule has 0 atom stereocenters. The number of hydrogen-bond acceptors (Lipinski definition) is 4. The summed E-state index contributed by atoms with van der Waals surface area (Å²) in [6.07, 6.45) is 1.46. The average Bonchev–Trinajstić information content (AvgIpc) is 2.62. The van der Waals surface area contributed by atoms with Crippen molar-refractivity contribution < 1.29 is 19.2 Å². The van der Waals surface area contributed by atoms with E-state index in [1.165, 1.54) is 25.4 Å². The summed E-state index contributed by atoms with van der Waals surface area (Å²) in [7, 11) is 1.41. The molecular formula is C9H7NO4. The maximum absolute atomic E-state index is 10.8. The highest BCUT2D eigenvalue weighted by atomic mass is 16.5. The Morgan fingerprint density at radius 3 is 3.00 bits per heavy atom. The third kappa shape index (κ3) is 1.19. The number of aromatic nitrogens is 1. The van der Waals surface area contributed by atoms with E-state index in [-0.39, 0.29) is 11.3 Å². The van der Waals surface area contributed by atoms with E-state index in [4.69, 9.17) is 14.4 Å². The number of methoxy groups -OCH3 is 1. The molecule has 1 aromatic heterocycles. The highest BCUT2D eigenvalue weighted by molar-refractivity contribution is 5.96. The van der Waals surface area contributed by atoms with E-state index in [0.717, 1.165) is 0 Å². The van der Waals surface area contributed by atoms with Gasteiger partial charge in [0, 0.05) is 11.5 Å². The maximum Gasteiger partial charge on any atom is 0.339 e. The van der Waals surface area contributed by atoms with E-state index in [1.54, 1.807) is 0 Å². The van der Waals surface area contributed by atoms with E-state index in [2.05, 4.69) is 5.16 Å². The summed E-state index contributed by atoms with van der Waals surface area (Å²) in [4.78, 5) is 10.8. The van der Waals surface area contributed by atoms with Crippen LogP contribution < -0.4 is 4.74 Å². The summed E-state index contributed by atoms with van der Waals surface area (Å²) >= 11 is 0. The molecule has 2 aromatic rings. The quantitative estimate of drug-likeness (QED) is 0.782. The summed E-state index contributed by atoms with van der Waals surface area (Å²) in [6, 6.07) is 2.97. The second-order valence-electron chi connectivity index (χ2n) is 2.72. The molecule has 1 N–H and O–H groups in total. The van der Waals surface area contributed by atoms with Gasteiger partial charge in [-0.3, -0.25) is 0 Å². The lowest BCUT2D eigenvalue weighted by molar-refractivity contribution is 0.0693. The van der Waals surface area contributed by atoms with Crippen molar-refractivity contribution >= 4 is 16.9 Å². The summed E-state index contributed by atoms with van der Waals surface area (Å²) in [5.41, 5.74) is 0.607. The zero-order chi connectivity index (χ0) is 10.1. The molecule has 0 aliphatic heterocycles. The van der Waals surface area contributed by atoms with Gasteiger partial charge in [-0.1, -0.05) is 5.16 Å². The first kappa shape index (κ1) is 8.55. The Kier molecular flexibility index (Phi) is 1.85. The standard InChI is InChI=1S/C9H7NO4/c1-13-8-3-7-5(4-10-14-7)2-6(8)9(11)12/h2-4H,1H3,(H,11,12). The lowest BCUT2D eigenvalue weighted by Gasteiger charge is -2.03. The highest BCUT2D eigenvalue weighted by Crippen LogP contribution is 2.25. The van der Waals surface area contributed by atoms with Crippen LogP contribution in [-0.2, 0) is 0 Å². The normalized spacial score (nSPS) is 10.4. The van der Waals surface area contributed by atoms with Crippen molar-refractivity contribution in [3.63, 3.8) is 0 Å². The third-order valence-electron chi connectivity index (χ3n) is 1.91. The summed E-state index contributed by atoms with van der Waals surface area (Å²) in [5.74, 6) is -0.772. The number of carboxylic acids is 1.